The number of allylic oxidation sites excluding steroid dienone is 4. The van der Waals surface area contributed by atoms with Gasteiger partial charge in [-0.1, -0.05) is 12.2 Å². The monoisotopic (exact) mass is 470 g/mol. The number of aryl methyl sites for hydroxylation is 2. The van der Waals surface area contributed by atoms with Crippen molar-refractivity contribution >= 4 is 11.7 Å². The van der Waals surface area contributed by atoms with Crippen molar-refractivity contribution in [3.8, 4) is 5.75 Å². The molecule has 2 heterocycles. The van der Waals surface area contributed by atoms with E-state index in [0.717, 1.165) is 11.9 Å². The molecule has 2 aliphatic rings. The minimum absolute atomic E-state index is 0.204. The van der Waals surface area contributed by atoms with Gasteiger partial charge in [-0.25, -0.2) is 23.7 Å². The summed E-state index contributed by atoms with van der Waals surface area (Å²) >= 11 is 0. The van der Waals surface area contributed by atoms with E-state index >= 15 is 0 Å². The maximum atomic E-state index is 14.1. The van der Waals surface area contributed by atoms with E-state index < -0.39 is 17.2 Å². The Labute approximate surface area is 197 Å². The lowest BCUT2D eigenvalue weighted by molar-refractivity contribution is -0.118. The van der Waals surface area contributed by atoms with Crippen LogP contribution in [0, 0.1) is 36.9 Å². The highest BCUT2D eigenvalue weighted by molar-refractivity contribution is 5.94. The Morgan fingerprint density at radius 2 is 2.09 bits per heavy atom. The molecule has 4 rings (SSSR count). The molecule has 9 heteroatoms. The number of halogens is 2. The summed E-state index contributed by atoms with van der Waals surface area (Å²) in [5.41, 5.74) is 0.522. The molecule has 1 unspecified atom stereocenters. The molecule has 1 fully saturated rings. The van der Waals surface area contributed by atoms with Crippen LogP contribution in [0.25, 0.3) is 0 Å². The van der Waals surface area contributed by atoms with E-state index in [1.165, 1.54) is 12.1 Å². The highest BCUT2D eigenvalue weighted by atomic mass is 19.1. The van der Waals surface area contributed by atoms with Crippen LogP contribution in [0.15, 0.2) is 42.5 Å². The van der Waals surface area contributed by atoms with Crippen LogP contribution >= 0.6 is 0 Å². The average Bonchev–Trinajstić information content (AvgIpc) is 3.55. The van der Waals surface area contributed by atoms with Gasteiger partial charge in [0.05, 0.1) is 31.3 Å². The zero-order valence-corrected chi connectivity index (χ0v) is 19.5. The molecule has 1 N–H and O–H groups in total. The summed E-state index contributed by atoms with van der Waals surface area (Å²) in [6.45, 7) is 4.09. The van der Waals surface area contributed by atoms with E-state index in [1.54, 1.807) is 33.2 Å². The third kappa shape index (κ3) is 5.14. The minimum atomic E-state index is -0.593. The normalized spacial score (nSPS) is 23.4. The smallest absolute Gasteiger partial charge is 0.229 e. The Kier molecular flexibility index (Phi) is 7.02. The van der Waals surface area contributed by atoms with Crippen molar-refractivity contribution in [3.63, 3.8) is 0 Å². The Morgan fingerprint density at radius 3 is 2.82 bits per heavy atom. The van der Waals surface area contributed by atoms with Crippen LogP contribution < -0.4 is 10.1 Å². The summed E-state index contributed by atoms with van der Waals surface area (Å²) in [6.07, 6.45) is 9.05. The average molecular weight is 471 g/mol. The van der Waals surface area contributed by atoms with Gasteiger partial charge in [-0.05, 0) is 43.9 Å². The van der Waals surface area contributed by atoms with E-state index in [-0.39, 0.29) is 36.5 Å². The zero-order chi connectivity index (χ0) is 24.3. The van der Waals surface area contributed by atoms with Crippen molar-refractivity contribution < 1.29 is 23.0 Å². The summed E-state index contributed by atoms with van der Waals surface area (Å²) in [7, 11) is 1.62. The first-order chi connectivity index (χ1) is 16.3. The lowest BCUT2D eigenvalue weighted by Gasteiger charge is -2.27. The summed E-state index contributed by atoms with van der Waals surface area (Å²) < 4.78 is 39.0. The van der Waals surface area contributed by atoms with E-state index in [2.05, 4.69) is 20.3 Å². The van der Waals surface area contributed by atoms with Crippen molar-refractivity contribution in [3.05, 3.63) is 65.4 Å². The third-order valence-corrected chi connectivity index (χ3v) is 6.50. The van der Waals surface area contributed by atoms with E-state index in [0.29, 0.717) is 36.6 Å². The van der Waals surface area contributed by atoms with Gasteiger partial charge in [0.2, 0.25) is 5.91 Å². The summed E-state index contributed by atoms with van der Waals surface area (Å²) in [5.74, 6) is -0.0884. The lowest BCUT2D eigenvalue weighted by Crippen LogP contribution is -2.30. The molecule has 180 valence electrons. The summed E-state index contributed by atoms with van der Waals surface area (Å²) in [5, 5.41) is 2.78. The van der Waals surface area contributed by atoms with Crippen LogP contribution in [0.4, 0.5) is 14.6 Å². The molecule has 2 aromatic rings. The molecule has 2 aliphatic carbocycles. The molecule has 0 saturated heterocycles. The molecule has 3 atom stereocenters. The Hall–Kier alpha value is -3.20. The highest BCUT2D eigenvalue weighted by Gasteiger charge is 2.62. The first-order valence-electron chi connectivity index (χ1n) is 11.2. The van der Waals surface area contributed by atoms with E-state index in [9.17, 15) is 13.6 Å². The Bertz CT molecular complexity index is 1140. The molecule has 2 aromatic heterocycles. The maximum absolute atomic E-state index is 14.1. The second-order valence-electron chi connectivity index (χ2n) is 8.87. The SMILES string of the molecule is COCCc1nc(C)ncc1OC[C@@]1(C2C=CC=C(F)C2)C[C@H]1C(=O)Nc1cc(C)c(F)cn1. The molecule has 0 aliphatic heterocycles. The molecule has 0 radical (unpaired) electrons. The van der Waals surface area contributed by atoms with Crippen molar-refractivity contribution in [2.75, 3.05) is 25.6 Å². The van der Waals surface area contributed by atoms with Crippen LogP contribution in [0.3, 0.4) is 0 Å². The number of rotatable bonds is 9. The van der Waals surface area contributed by atoms with Gasteiger partial charge < -0.3 is 14.8 Å². The number of hydrogen-bond acceptors (Lipinski definition) is 6. The van der Waals surface area contributed by atoms with Crippen LogP contribution in [0.1, 0.15) is 29.9 Å². The Balaban J connectivity index is 1.53. The van der Waals surface area contributed by atoms with Crippen molar-refractivity contribution in [2.24, 2.45) is 17.3 Å². The number of ether oxygens (including phenoxy) is 2. The number of aromatic nitrogens is 3. The van der Waals surface area contributed by atoms with Gasteiger partial charge in [0, 0.05) is 31.3 Å². The number of carbonyl (C=O) groups is 1. The van der Waals surface area contributed by atoms with Crippen molar-refractivity contribution in [2.45, 2.75) is 33.1 Å². The number of methoxy groups -OCH3 is 1. The van der Waals surface area contributed by atoms with Gasteiger partial charge in [0.15, 0.2) is 5.75 Å². The first kappa shape index (κ1) is 23.9. The molecule has 1 amide bonds. The van der Waals surface area contributed by atoms with Gasteiger partial charge >= 0.3 is 0 Å². The second-order valence-corrected chi connectivity index (χ2v) is 8.87. The standard InChI is InChI=1S/C25H28F2N4O3/c1-15-9-23(29-12-20(15)27)31-24(32)19-11-25(19,17-5-4-6-18(26)10-17)14-34-22-13-28-16(2)30-21(22)7-8-33-3/h4-6,9,12-13,17,19H,7-8,10-11,14H2,1-3H3,(H,29,31,32)/t17?,19-,25+/m0/s1. The van der Waals surface area contributed by atoms with Gasteiger partial charge in [0.1, 0.15) is 23.3 Å². The second kappa shape index (κ2) is 9.97. The zero-order valence-electron chi connectivity index (χ0n) is 19.5. The van der Waals surface area contributed by atoms with Gasteiger partial charge in [-0.2, -0.15) is 0 Å². The number of pyridine rings is 1. The van der Waals surface area contributed by atoms with Crippen molar-refractivity contribution in [1.82, 2.24) is 15.0 Å². The number of anilines is 1. The summed E-state index contributed by atoms with van der Waals surface area (Å²) in [4.78, 5) is 25.8. The molecule has 0 bridgehead atoms. The molecule has 34 heavy (non-hydrogen) atoms. The predicted octanol–water partition coefficient (Wildman–Crippen LogP) is 4.27. The topological polar surface area (TPSA) is 86.2 Å². The largest absolute Gasteiger partial charge is 0.489 e. The Morgan fingerprint density at radius 1 is 1.26 bits per heavy atom. The van der Waals surface area contributed by atoms with Gasteiger partial charge in [-0.3, -0.25) is 4.79 Å². The quantitative estimate of drug-likeness (QED) is 0.589. The van der Waals surface area contributed by atoms with E-state index in [1.807, 2.05) is 6.08 Å². The lowest BCUT2D eigenvalue weighted by atomic mass is 9.82. The number of amides is 1. The fourth-order valence-corrected chi connectivity index (χ4v) is 4.42. The van der Waals surface area contributed by atoms with Crippen LogP contribution in [-0.4, -0.2) is 41.2 Å². The molecular weight excluding hydrogens is 442 g/mol. The first-order valence-corrected chi connectivity index (χ1v) is 11.2. The molecule has 0 spiro atoms. The van der Waals surface area contributed by atoms with Crippen molar-refractivity contribution in [1.29, 1.82) is 0 Å². The molecule has 1 saturated carbocycles. The maximum Gasteiger partial charge on any atom is 0.229 e. The predicted molar refractivity (Wildman–Crippen MR) is 122 cm³/mol. The summed E-state index contributed by atoms with van der Waals surface area (Å²) in [6, 6.07) is 1.49. The van der Waals surface area contributed by atoms with Gasteiger partial charge in [0.25, 0.3) is 0 Å². The molecular formula is C25H28F2N4O3. The number of hydrogen-bond donors (Lipinski definition) is 1. The number of nitrogens with one attached hydrogen (secondary N) is 1. The molecule has 0 aromatic carbocycles. The fraction of sp³-hybridized carbons (Fsp3) is 0.440. The van der Waals surface area contributed by atoms with Crippen LogP contribution in [0.5, 0.6) is 5.75 Å². The molecule has 7 nitrogen and oxygen atoms in total. The van der Waals surface area contributed by atoms with Gasteiger partial charge in [-0.15, -0.1) is 0 Å². The number of nitrogens with zero attached hydrogens (tertiary/aromatic N) is 3. The van der Waals surface area contributed by atoms with E-state index in [4.69, 9.17) is 9.47 Å². The minimum Gasteiger partial charge on any atom is -0.489 e. The highest BCUT2D eigenvalue weighted by Crippen LogP contribution is 2.60. The third-order valence-electron chi connectivity index (χ3n) is 6.50. The van der Waals surface area contributed by atoms with Crippen LogP contribution in [0.2, 0.25) is 0 Å². The fourth-order valence-electron chi connectivity index (χ4n) is 4.42. The van der Waals surface area contributed by atoms with Crippen LogP contribution in [-0.2, 0) is 16.0 Å². The number of carbonyl (C=O) groups excluding carboxylic acids is 1.